The molecule has 2 bridgehead atoms. The zero-order chi connectivity index (χ0) is 12.4. The molecule has 0 N–H and O–H groups in total. The van der Waals surface area contributed by atoms with Crippen molar-refractivity contribution in [3.63, 3.8) is 0 Å². The highest BCUT2D eigenvalue weighted by atomic mass is 16.1. The molecule has 9 unspecified atom stereocenters. The fraction of sp³-hybridized carbons (Fsp3) is 0.941. The van der Waals surface area contributed by atoms with Gasteiger partial charge in [0.2, 0.25) is 0 Å². The minimum atomic E-state index is 0.453. The van der Waals surface area contributed by atoms with E-state index in [0.717, 1.165) is 47.3 Å². The zero-order valence-corrected chi connectivity index (χ0v) is 11.7. The summed E-state index contributed by atoms with van der Waals surface area (Å²) in [5, 5.41) is 0. The summed E-state index contributed by atoms with van der Waals surface area (Å²) in [5.74, 6) is 7.84. The van der Waals surface area contributed by atoms with Crippen LogP contribution in [0.25, 0.3) is 0 Å². The van der Waals surface area contributed by atoms with Crippen molar-refractivity contribution in [1.82, 2.24) is 0 Å². The summed E-state index contributed by atoms with van der Waals surface area (Å²) in [6.45, 7) is 4.88. The number of carbonyl (C=O) groups is 1. The Kier molecular flexibility index (Phi) is 2.45. The smallest absolute Gasteiger partial charge is 0.123 e. The van der Waals surface area contributed by atoms with Crippen molar-refractivity contribution in [1.29, 1.82) is 0 Å². The standard InChI is InChI=1S/C17H26O/c1-3-10-6-9(2)16-13(10)7-14-11-4-5-12(17(14)16)15(11)8-18/h8-17H,3-7H2,1-2H3. The average Bonchev–Trinajstić information content (AvgIpc) is 3.05. The number of hydrogen-bond acceptors (Lipinski definition) is 1. The normalized spacial score (nSPS) is 60.9. The van der Waals surface area contributed by atoms with Gasteiger partial charge in [0.05, 0.1) is 0 Å². The average molecular weight is 246 g/mol. The largest absolute Gasteiger partial charge is 0.303 e. The maximum absolute atomic E-state index is 11.4. The highest BCUT2D eigenvalue weighted by molar-refractivity contribution is 5.57. The van der Waals surface area contributed by atoms with Crippen molar-refractivity contribution >= 4 is 6.29 Å². The minimum Gasteiger partial charge on any atom is -0.303 e. The molecule has 0 aromatic carbocycles. The third kappa shape index (κ3) is 1.22. The van der Waals surface area contributed by atoms with Crippen LogP contribution in [-0.2, 0) is 4.79 Å². The Morgan fingerprint density at radius 2 is 1.78 bits per heavy atom. The molecule has 4 aliphatic carbocycles. The lowest BCUT2D eigenvalue weighted by Gasteiger charge is -2.30. The molecule has 18 heavy (non-hydrogen) atoms. The van der Waals surface area contributed by atoms with Crippen LogP contribution in [0.15, 0.2) is 0 Å². The molecule has 4 rings (SSSR count). The van der Waals surface area contributed by atoms with Gasteiger partial charge in [0, 0.05) is 5.92 Å². The van der Waals surface area contributed by atoms with Gasteiger partial charge in [-0.15, -0.1) is 0 Å². The number of aldehydes is 1. The maximum atomic E-state index is 11.4. The van der Waals surface area contributed by atoms with E-state index in [9.17, 15) is 4.79 Å². The number of rotatable bonds is 2. The van der Waals surface area contributed by atoms with E-state index in [1.807, 2.05) is 0 Å². The van der Waals surface area contributed by atoms with Crippen LogP contribution in [0.3, 0.4) is 0 Å². The van der Waals surface area contributed by atoms with Gasteiger partial charge < -0.3 is 4.79 Å². The second-order valence-corrected chi connectivity index (χ2v) is 7.72. The summed E-state index contributed by atoms with van der Waals surface area (Å²) in [7, 11) is 0. The van der Waals surface area contributed by atoms with Crippen LogP contribution in [0.1, 0.15) is 46.0 Å². The van der Waals surface area contributed by atoms with Gasteiger partial charge in [-0.25, -0.2) is 0 Å². The van der Waals surface area contributed by atoms with E-state index in [1.165, 1.54) is 38.4 Å². The Bertz CT molecular complexity index is 363. The van der Waals surface area contributed by atoms with Gasteiger partial charge in [0.15, 0.2) is 0 Å². The molecule has 0 amide bonds. The molecule has 9 atom stereocenters. The van der Waals surface area contributed by atoms with Gasteiger partial charge in [-0.3, -0.25) is 0 Å². The lowest BCUT2D eigenvalue weighted by molar-refractivity contribution is -0.112. The summed E-state index contributed by atoms with van der Waals surface area (Å²) in [5.41, 5.74) is 0. The van der Waals surface area contributed by atoms with Crippen LogP contribution in [0.5, 0.6) is 0 Å². The molecule has 0 spiro atoms. The molecule has 1 heteroatoms. The molecule has 100 valence electrons. The molecular weight excluding hydrogens is 220 g/mol. The predicted octanol–water partition coefficient (Wildman–Crippen LogP) is 3.78. The zero-order valence-electron chi connectivity index (χ0n) is 11.7. The fourth-order valence-electron chi connectivity index (χ4n) is 7.09. The first kappa shape index (κ1) is 11.5. The van der Waals surface area contributed by atoms with E-state index in [-0.39, 0.29) is 0 Å². The van der Waals surface area contributed by atoms with Crippen molar-refractivity contribution in [3.05, 3.63) is 0 Å². The molecular formula is C17H26O. The summed E-state index contributed by atoms with van der Waals surface area (Å²) >= 11 is 0. The first-order valence-electron chi connectivity index (χ1n) is 8.21. The topological polar surface area (TPSA) is 17.1 Å². The number of carbonyl (C=O) groups excluding carboxylic acids is 1. The van der Waals surface area contributed by atoms with Crippen LogP contribution in [0, 0.1) is 53.3 Å². The molecule has 4 saturated carbocycles. The summed E-state index contributed by atoms with van der Waals surface area (Å²) in [6.07, 6.45) is 8.38. The molecule has 0 aliphatic heterocycles. The first-order valence-corrected chi connectivity index (χ1v) is 8.21. The Balaban J connectivity index is 1.66. The van der Waals surface area contributed by atoms with Gasteiger partial charge in [-0.05, 0) is 73.0 Å². The molecule has 0 heterocycles. The molecule has 0 saturated heterocycles. The Morgan fingerprint density at radius 1 is 1.00 bits per heavy atom. The molecule has 0 aromatic heterocycles. The van der Waals surface area contributed by atoms with Crippen molar-refractivity contribution in [2.45, 2.75) is 46.0 Å². The van der Waals surface area contributed by atoms with Crippen molar-refractivity contribution in [3.8, 4) is 0 Å². The monoisotopic (exact) mass is 246 g/mol. The lowest BCUT2D eigenvalue weighted by Crippen LogP contribution is -2.25. The van der Waals surface area contributed by atoms with Crippen LogP contribution in [0.4, 0.5) is 0 Å². The second kappa shape index (κ2) is 3.84. The van der Waals surface area contributed by atoms with Gasteiger partial charge in [-0.1, -0.05) is 20.3 Å². The number of hydrogen-bond donors (Lipinski definition) is 0. The third-order valence-electron chi connectivity index (χ3n) is 7.46. The molecule has 4 fully saturated rings. The van der Waals surface area contributed by atoms with E-state index >= 15 is 0 Å². The Hall–Kier alpha value is -0.330. The number of fused-ring (bicyclic) bond motifs is 7. The van der Waals surface area contributed by atoms with E-state index in [2.05, 4.69) is 13.8 Å². The van der Waals surface area contributed by atoms with Crippen molar-refractivity contribution in [2.75, 3.05) is 0 Å². The quantitative estimate of drug-likeness (QED) is 0.678. The van der Waals surface area contributed by atoms with E-state index in [4.69, 9.17) is 0 Å². The second-order valence-electron chi connectivity index (χ2n) is 7.72. The molecule has 0 aromatic rings. The first-order chi connectivity index (χ1) is 8.76. The highest BCUT2D eigenvalue weighted by Gasteiger charge is 2.64. The third-order valence-corrected chi connectivity index (χ3v) is 7.46. The minimum absolute atomic E-state index is 0.453. The molecule has 4 aliphatic rings. The van der Waals surface area contributed by atoms with E-state index < -0.39 is 0 Å². The highest BCUT2D eigenvalue weighted by Crippen LogP contribution is 2.69. The van der Waals surface area contributed by atoms with Gasteiger partial charge in [-0.2, -0.15) is 0 Å². The fourth-order valence-corrected chi connectivity index (χ4v) is 7.09. The van der Waals surface area contributed by atoms with Crippen LogP contribution in [-0.4, -0.2) is 6.29 Å². The van der Waals surface area contributed by atoms with E-state index in [0.29, 0.717) is 5.92 Å². The SMILES string of the molecule is CCC1CC(C)C2C1CC1C3CCC(C3C=O)C12. The van der Waals surface area contributed by atoms with Gasteiger partial charge in [0.1, 0.15) is 6.29 Å². The van der Waals surface area contributed by atoms with Crippen LogP contribution in [0.2, 0.25) is 0 Å². The van der Waals surface area contributed by atoms with Crippen molar-refractivity contribution < 1.29 is 4.79 Å². The summed E-state index contributed by atoms with van der Waals surface area (Å²) in [6, 6.07) is 0. The van der Waals surface area contributed by atoms with Crippen LogP contribution < -0.4 is 0 Å². The molecule has 0 radical (unpaired) electrons. The molecule has 1 nitrogen and oxygen atoms in total. The summed E-state index contributed by atoms with van der Waals surface area (Å²) < 4.78 is 0. The van der Waals surface area contributed by atoms with Crippen LogP contribution >= 0.6 is 0 Å². The Morgan fingerprint density at radius 3 is 2.50 bits per heavy atom. The van der Waals surface area contributed by atoms with Crippen molar-refractivity contribution in [2.24, 2.45) is 53.3 Å². The van der Waals surface area contributed by atoms with Gasteiger partial charge >= 0.3 is 0 Å². The summed E-state index contributed by atoms with van der Waals surface area (Å²) in [4.78, 5) is 11.4. The maximum Gasteiger partial charge on any atom is 0.123 e. The lowest BCUT2D eigenvalue weighted by atomic mass is 9.74. The Labute approximate surface area is 111 Å². The van der Waals surface area contributed by atoms with E-state index in [1.54, 1.807) is 0 Å². The van der Waals surface area contributed by atoms with Gasteiger partial charge in [0.25, 0.3) is 0 Å². The predicted molar refractivity (Wildman–Crippen MR) is 71.9 cm³/mol.